The fourth-order valence-corrected chi connectivity index (χ4v) is 3.26. The molecule has 3 aromatic rings. The predicted molar refractivity (Wildman–Crippen MR) is 99.4 cm³/mol. The van der Waals surface area contributed by atoms with Gasteiger partial charge >= 0.3 is 5.97 Å². The molecule has 4 rings (SSSR count). The average molecular weight is 350 g/mol. The lowest BCUT2D eigenvalue weighted by atomic mass is 10.1. The van der Waals surface area contributed by atoms with Crippen LogP contribution in [0.4, 0.5) is 0 Å². The van der Waals surface area contributed by atoms with Gasteiger partial charge in [0.25, 0.3) is 0 Å². The summed E-state index contributed by atoms with van der Waals surface area (Å²) in [7, 11) is 1.39. The molecule has 0 atom stereocenters. The van der Waals surface area contributed by atoms with Gasteiger partial charge in [-0.1, -0.05) is 18.2 Å². The molecule has 0 spiro atoms. The van der Waals surface area contributed by atoms with Gasteiger partial charge in [-0.2, -0.15) is 0 Å². The Kier molecular flexibility index (Phi) is 4.41. The third-order valence-electron chi connectivity index (χ3n) is 4.79. The van der Waals surface area contributed by atoms with Crippen molar-refractivity contribution in [1.29, 1.82) is 0 Å². The number of benzene rings is 2. The van der Waals surface area contributed by atoms with E-state index in [-0.39, 0.29) is 12.4 Å². The molecular formula is C22H22O4. The van der Waals surface area contributed by atoms with E-state index >= 15 is 0 Å². The number of methoxy groups -OCH3 is 1. The number of rotatable bonds is 6. The van der Waals surface area contributed by atoms with Crippen molar-refractivity contribution in [2.75, 3.05) is 7.11 Å². The van der Waals surface area contributed by atoms with E-state index in [2.05, 4.69) is 25.1 Å². The summed E-state index contributed by atoms with van der Waals surface area (Å²) < 4.78 is 16.8. The molecule has 1 heterocycles. The lowest BCUT2D eigenvalue weighted by Crippen LogP contribution is -2.06. The van der Waals surface area contributed by atoms with Crippen LogP contribution in [0.15, 0.2) is 46.9 Å². The normalized spacial score (nSPS) is 13.8. The van der Waals surface area contributed by atoms with Crippen LogP contribution in [0, 0.1) is 6.92 Å². The van der Waals surface area contributed by atoms with Crippen LogP contribution in [0.3, 0.4) is 0 Å². The Hall–Kier alpha value is -2.75. The Morgan fingerprint density at radius 3 is 2.77 bits per heavy atom. The van der Waals surface area contributed by atoms with Crippen LogP contribution in [-0.2, 0) is 22.6 Å². The van der Waals surface area contributed by atoms with E-state index in [0.29, 0.717) is 18.3 Å². The van der Waals surface area contributed by atoms with Crippen molar-refractivity contribution in [2.45, 2.75) is 38.7 Å². The molecule has 0 N–H and O–H groups in total. The molecule has 0 radical (unpaired) electrons. The number of ether oxygens (including phenoxy) is 2. The smallest absolute Gasteiger partial charge is 0.310 e. The van der Waals surface area contributed by atoms with Crippen molar-refractivity contribution in [3.8, 4) is 5.75 Å². The zero-order valence-corrected chi connectivity index (χ0v) is 15.1. The number of furan rings is 1. The van der Waals surface area contributed by atoms with E-state index in [4.69, 9.17) is 13.9 Å². The van der Waals surface area contributed by atoms with Crippen molar-refractivity contribution in [3.05, 3.63) is 64.9 Å². The number of hydrogen-bond acceptors (Lipinski definition) is 4. The fourth-order valence-electron chi connectivity index (χ4n) is 3.26. The number of fused-ring (bicyclic) bond motifs is 1. The summed E-state index contributed by atoms with van der Waals surface area (Å²) in [5, 5.41) is 1.13. The molecule has 0 aliphatic heterocycles. The molecule has 1 aliphatic carbocycles. The molecule has 134 valence electrons. The van der Waals surface area contributed by atoms with Crippen molar-refractivity contribution in [2.24, 2.45) is 0 Å². The minimum atomic E-state index is -0.274. The summed E-state index contributed by atoms with van der Waals surface area (Å²) in [5.41, 5.74) is 4.01. The van der Waals surface area contributed by atoms with Crippen LogP contribution in [-0.4, -0.2) is 13.1 Å². The lowest BCUT2D eigenvalue weighted by Gasteiger charge is -2.11. The molecule has 0 amide bonds. The molecule has 1 aliphatic rings. The summed E-state index contributed by atoms with van der Waals surface area (Å²) in [4.78, 5) is 11.6. The first kappa shape index (κ1) is 16.7. The molecule has 2 aromatic carbocycles. The van der Waals surface area contributed by atoms with Gasteiger partial charge in [-0.3, -0.25) is 4.79 Å². The summed E-state index contributed by atoms with van der Waals surface area (Å²) in [6, 6.07) is 14.0. The Morgan fingerprint density at radius 2 is 2.00 bits per heavy atom. The highest BCUT2D eigenvalue weighted by atomic mass is 16.5. The highest BCUT2D eigenvalue weighted by molar-refractivity contribution is 5.82. The largest absolute Gasteiger partial charge is 0.489 e. The Balaban J connectivity index is 1.54. The van der Waals surface area contributed by atoms with Crippen LogP contribution in [0.5, 0.6) is 5.75 Å². The zero-order valence-electron chi connectivity index (χ0n) is 15.1. The number of aryl methyl sites for hydroxylation is 1. The number of hydrogen-bond donors (Lipinski definition) is 0. The minimum Gasteiger partial charge on any atom is -0.489 e. The van der Waals surface area contributed by atoms with E-state index < -0.39 is 0 Å². The van der Waals surface area contributed by atoms with Crippen molar-refractivity contribution in [3.63, 3.8) is 0 Å². The molecular weight excluding hydrogens is 328 g/mol. The van der Waals surface area contributed by atoms with Crippen LogP contribution in [0.25, 0.3) is 11.0 Å². The molecule has 0 bridgehead atoms. The van der Waals surface area contributed by atoms with Gasteiger partial charge in [-0.15, -0.1) is 0 Å². The number of carbonyl (C=O) groups excluding carboxylic acids is 1. The van der Waals surface area contributed by atoms with Crippen molar-refractivity contribution in [1.82, 2.24) is 0 Å². The highest BCUT2D eigenvalue weighted by Crippen LogP contribution is 2.42. The first-order valence-electron chi connectivity index (χ1n) is 8.94. The zero-order chi connectivity index (χ0) is 18.1. The summed E-state index contributed by atoms with van der Waals surface area (Å²) >= 11 is 0. The van der Waals surface area contributed by atoms with Crippen LogP contribution >= 0.6 is 0 Å². The number of esters is 1. The molecule has 1 fully saturated rings. The second-order valence-electron chi connectivity index (χ2n) is 6.90. The number of para-hydroxylation sites is 1. The maximum atomic E-state index is 11.6. The molecule has 0 saturated heterocycles. The van der Waals surface area contributed by atoms with Gasteiger partial charge in [0, 0.05) is 16.9 Å². The Labute approximate surface area is 152 Å². The molecule has 1 saturated carbocycles. The topological polar surface area (TPSA) is 48.7 Å². The van der Waals surface area contributed by atoms with E-state index in [1.54, 1.807) is 0 Å². The molecule has 1 aromatic heterocycles. The molecule has 0 unspecified atom stereocenters. The minimum absolute atomic E-state index is 0.206. The van der Waals surface area contributed by atoms with Gasteiger partial charge in [0.2, 0.25) is 0 Å². The van der Waals surface area contributed by atoms with Crippen LogP contribution < -0.4 is 4.74 Å². The highest BCUT2D eigenvalue weighted by Gasteiger charge is 2.27. The predicted octanol–water partition coefficient (Wildman–Crippen LogP) is 4.91. The second-order valence-corrected chi connectivity index (χ2v) is 6.90. The molecule has 4 heteroatoms. The van der Waals surface area contributed by atoms with E-state index in [9.17, 15) is 4.79 Å². The van der Waals surface area contributed by atoms with Crippen LogP contribution in [0.2, 0.25) is 0 Å². The summed E-state index contributed by atoms with van der Waals surface area (Å²) in [5.74, 6) is 2.14. The van der Waals surface area contributed by atoms with Gasteiger partial charge in [0.1, 0.15) is 23.7 Å². The summed E-state index contributed by atoms with van der Waals surface area (Å²) in [6.45, 7) is 2.51. The lowest BCUT2D eigenvalue weighted by molar-refractivity contribution is -0.139. The fraction of sp³-hybridized carbons (Fsp3) is 0.318. The second kappa shape index (κ2) is 6.87. The van der Waals surface area contributed by atoms with Crippen molar-refractivity contribution < 1.29 is 18.7 Å². The van der Waals surface area contributed by atoms with Gasteiger partial charge in [-0.25, -0.2) is 0 Å². The van der Waals surface area contributed by atoms with Gasteiger partial charge in [0.05, 0.1) is 13.5 Å². The monoisotopic (exact) mass is 350 g/mol. The van der Waals surface area contributed by atoms with E-state index in [0.717, 1.165) is 33.4 Å². The van der Waals surface area contributed by atoms with E-state index in [1.807, 2.05) is 24.3 Å². The quantitative estimate of drug-likeness (QED) is 0.593. The van der Waals surface area contributed by atoms with Gasteiger partial charge in [0.15, 0.2) is 0 Å². The maximum Gasteiger partial charge on any atom is 0.310 e. The third kappa shape index (κ3) is 3.45. The Morgan fingerprint density at radius 1 is 1.19 bits per heavy atom. The maximum absolute atomic E-state index is 11.6. The molecule has 26 heavy (non-hydrogen) atoms. The van der Waals surface area contributed by atoms with Gasteiger partial charge < -0.3 is 13.9 Å². The van der Waals surface area contributed by atoms with E-state index in [1.165, 1.54) is 20.0 Å². The average Bonchev–Trinajstić information content (AvgIpc) is 3.40. The first-order valence-corrected chi connectivity index (χ1v) is 8.94. The number of carbonyl (C=O) groups is 1. The third-order valence-corrected chi connectivity index (χ3v) is 4.79. The molecule has 4 nitrogen and oxygen atoms in total. The standard InChI is InChI=1S/C22H22O4/c1-14-9-15(10-18-11-20(16-7-8-16)26-22(14)18)13-25-19-6-4-3-5-17(19)12-21(23)24-2/h3-6,9-11,16H,7-8,12-13H2,1-2H3. The first-order chi connectivity index (χ1) is 12.6. The SMILES string of the molecule is COC(=O)Cc1ccccc1OCc1cc(C)c2oc(C3CC3)cc2c1. The Bertz CT molecular complexity index is 950. The van der Waals surface area contributed by atoms with Gasteiger partial charge in [-0.05, 0) is 55.2 Å². The summed E-state index contributed by atoms with van der Waals surface area (Å²) in [6.07, 6.45) is 2.66. The van der Waals surface area contributed by atoms with Crippen LogP contribution in [0.1, 0.15) is 41.2 Å². The van der Waals surface area contributed by atoms with Crippen molar-refractivity contribution >= 4 is 16.9 Å².